The van der Waals surface area contributed by atoms with Gasteiger partial charge in [-0.15, -0.1) is 0 Å². The fraction of sp³-hybridized carbons (Fsp3) is 0. The predicted molar refractivity (Wildman–Crippen MR) is 96.5 cm³/mol. The van der Waals surface area contributed by atoms with E-state index in [1.807, 2.05) is 60.7 Å². The molecule has 1 N–H and O–H groups in total. The minimum Gasteiger partial charge on any atom is -0.507 e. The summed E-state index contributed by atoms with van der Waals surface area (Å²) in [5, 5.41) is 12.6. The van der Waals surface area contributed by atoms with Gasteiger partial charge >= 0.3 is 0 Å². The second-order valence-electron chi connectivity index (χ2n) is 5.32. The van der Waals surface area contributed by atoms with Crippen LogP contribution in [0.4, 0.5) is 0 Å². The second kappa shape index (κ2) is 5.60. The maximum Gasteiger partial charge on any atom is 0.135 e. The van der Waals surface area contributed by atoms with Crippen LogP contribution in [0.1, 0.15) is 0 Å². The molecule has 3 heteroatoms. The number of phenols is 1. The molecule has 0 unspecified atom stereocenters. The van der Waals surface area contributed by atoms with Crippen molar-refractivity contribution >= 4 is 26.7 Å². The van der Waals surface area contributed by atoms with Crippen LogP contribution in [0, 0.1) is 0 Å². The van der Waals surface area contributed by atoms with Crippen LogP contribution in [-0.4, -0.2) is 5.11 Å². The molecule has 0 amide bonds. The van der Waals surface area contributed by atoms with Crippen molar-refractivity contribution in [3.63, 3.8) is 0 Å². The van der Waals surface area contributed by atoms with Gasteiger partial charge in [-0.3, -0.25) is 0 Å². The standard InChI is InChI=1S/C20H13BrO2/c21-16-8-3-7-15(20(16)18-9-4-12-23-18)19-14-6-2-1-5-13(14)10-11-17(19)22/h1-12,22H. The lowest BCUT2D eigenvalue weighted by molar-refractivity contribution is 0.478. The molecule has 23 heavy (non-hydrogen) atoms. The lowest BCUT2D eigenvalue weighted by Gasteiger charge is -2.14. The molecule has 4 rings (SSSR count). The van der Waals surface area contributed by atoms with Gasteiger partial charge in [-0.25, -0.2) is 0 Å². The van der Waals surface area contributed by atoms with E-state index >= 15 is 0 Å². The average Bonchev–Trinajstić information content (AvgIpc) is 3.08. The lowest BCUT2D eigenvalue weighted by atomic mass is 9.93. The molecular weight excluding hydrogens is 352 g/mol. The highest BCUT2D eigenvalue weighted by molar-refractivity contribution is 9.10. The minimum atomic E-state index is 0.259. The Morgan fingerprint density at radius 1 is 0.783 bits per heavy atom. The van der Waals surface area contributed by atoms with E-state index in [4.69, 9.17) is 4.42 Å². The van der Waals surface area contributed by atoms with E-state index in [2.05, 4.69) is 15.9 Å². The van der Waals surface area contributed by atoms with Crippen molar-refractivity contribution in [2.24, 2.45) is 0 Å². The number of aromatic hydroxyl groups is 1. The van der Waals surface area contributed by atoms with Crippen molar-refractivity contribution in [2.45, 2.75) is 0 Å². The van der Waals surface area contributed by atoms with Crippen molar-refractivity contribution in [1.82, 2.24) is 0 Å². The molecule has 0 aliphatic heterocycles. The Balaban J connectivity index is 2.11. The van der Waals surface area contributed by atoms with Crippen molar-refractivity contribution in [1.29, 1.82) is 0 Å². The first-order valence-corrected chi connectivity index (χ1v) is 8.08. The van der Waals surface area contributed by atoms with Gasteiger partial charge in [0, 0.05) is 15.6 Å². The Morgan fingerprint density at radius 2 is 1.65 bits per heavy atom. The highest BCUT2D eigenvalue weighted by Crippen LogP contribution is 2.44. The molecule has 0 saturated carbocycles. The average molecular weight is 365 g/mol. The molecule has 4 aromatic rings. The van der Waals surface area contributed by atoms with Crippen molar-refractivity contribution in [3.8, 4) is 28.2 Å². The van der Waals surface area contributed by atoms with Crippen LogP contribution < -0.4 is 0 Å². The van der Waals surface area contributed by atoms with Crippen LogP contribution >= 0.6 is 15.9 Å². The molecule has 0 aliphatic carbocycles. The fourth-order valence-corrected chi connectivity index (χ4v) is 3.51. The molecule has 1 heterocycles. The summed E-state index contributed by atoms with van der Waals surface area (Å²) in [5.41, 5.74) is 2.68. The van der Waals surface area contributed by atoms with Crippen LogP contribution in [-0.2, 0) is 0 Å². The summed E-state index contributed by atoms with van der Waals surface area (Å²) in [6.07, 6.45) is 1.65. The zero-order chi connectivity index (χ0) is 15.8. The Morgan fingerprint density at radius 3 is 2.48 bits per heavy atom. The SMILES string of the molecule is Oc1ccc2ccccc2c1-c1cccc(Br)c1-c1ccco1. The number of fused-ring (bicyclic) bond motifs is 1. The molecule has 0 spiro atoms. The third-order valence-corrected chi connectivity index (χ3v) is 4.62. The molecule has 2 nitrogen and oxygen atoms in total. The van der Waals surface area contributed by atoms with Crippen LogP contribution in [0.2, 0.25) is 0 Å². The van der Waals surface area contributed by atoms with E-state index in [9.17, 15) is 5.11 Å². The highest BCUT2D eigenvalue weighted by atomic mass is 79.9. The van der Waals surface area contributed by atoms with Crippen LogP contribution in [0.15, 0.2) is 81.9 Å². The van der Waals surface area contributed by atoms with Gasteiger partial charge < -0.3 is 9.52 Å². The number of hydrogen-bond acceptors (Lipinski definition) is 2. The molecule has 0 aliphatic rings. The van der Waals surface area contributed by atoms with Crippen LogP contribution in [0.25, 0.3) is 33.2 Å². The van der Waals surface area contributed by atoms with E-state index in [0.29, 0.717) is 0 Å². The summed E-state index contributed by atoms with van der Waals surface area (Å²) in [5.74, 6) is 1.02. The Labute approximate surface area is 142 Å². The first-order valence-electron chi connectivity index (χ1n) is 7.29. The number of halogens is 1. The zero-order valence-corrected chi connectivity index (χ0v) is 13.7. The number of furan rings is 1. The summed E-state index contributed by atoms with van der Waals surface area (Å²) in [6.45, 7) is 0. The maximum absolute atomic E-state index is 10.5. The predicted octanol–water partition coefficient (Wildman–Crippen LogP) is 6.23. The van der Waals surface area contributed by atoms with Gasteiger partial charge in [0.15, 0.2) is 0 Å². The monoisotopic (exact) mass is 364 g/mol. The van der Waals surface area contributed by atoms with E-state index in [-0.39, 0.29) is 5.75 Å². The molecule has 0 atom stereocenters. The molecule has 3 aromatic carbocycles. The molecule has 0 bridgehead atoms. The molecular formula is C20H13BrO2. The molecule has 112 valence electrons. The van der Waals surface area contributed by atoms with Crippen molar-refractivity contribution in [2.75, 3.05) is 0 Å². The zero-order valence-electron chi connectivity index (χ0n) is 12.2. The summed E-state index contributed by atoms with van der Waals surface area (Å²) in [6, 6.07) is 21.4. The van der Waals surface area contributed by atoms with Gasteiger partial charge in [-0.05, 0) is 40.6 Å². The van der Waals surface area contributed by atoms with Crippen LogP contribution in [0.5, 0.6) is 5.75 Å². The number of rotatable bonds is 2. The molecule has 0 fully saturated rings. The van der Waals surface area contributed by atoms with Gasteiger partial charge in [-0.2, -0.15) is 0 Å². The van der Waals surface area contributed by atoms with Gasteiger partial charge in [0.1, 0.15) is 11.5 Å². The summed E-state index contributed by atoms with van der Waals surface area (Å²) in [4.78, 5) is 0. The topological polar surface area (TPSA) is 33.4 Å². The Bertz CT molecular complexity index is 988. The highest BCUT2D eigenvalue weighted by Gasteiger charge is 2.17. The molecule has 1 aromatic heterocycles. The smallest absolute Gasteiger partial charge is 0.135 e. The van der Waals surface area contributed by atoms with Gasteiger partial charge in [0.25, 0.3) is 0 Å². The van der Waals surface area contributed by atoms with E-state index in [1.165, 1.54) is 0 Å². The van der Waals surface area contributed by atoms with Gasteiger partial charge in [0.2, 0.25) is 0 Å². The first kappa shape index (κ1) is 14.1. The first-order chi connectivity index (χ1) is 11.3. The van der Waals surface area contributed by atoms with E-state index in [0.717, 1.165) is 37.7 Å². The molecule has 0 radical (unpaired) electrons. The normalized spacial score (nSPS) is 11.0. The van der Waals surface area contributed by atoms with E-state index < -0.39 is 0 Å². The largest absolute Gasteiger partial charge is 0.507 e. The van der Waals surface area contributed by atoms with E-state index in [1.54, 1.807) is 12.3 Å². The van der Waals surface area contributed by atoms with Crippen LogP contribution in [0.3, 0.4) is 0 Å². The third kappa shape index (κ3) is 2.34. The summed E-state index contributed by atoms with van der Waals surface area (Å²) >= 11 is 3.61. The number of benzene rings is 3. The van der Waals surface area contributed by atoms with Crippen molar-refractivity contribution in [3.05, 3.63) is 77.5 Å². The van der Waals surface area contributed by atoms with Gasteiger partial charge in [0.05, 0.1) is 6.26 Å². The maximum atomic E-state index is 10.5. The fourth-order valence-electron chi connectivity index (χ4n) is 2.95. The second-order valence-corrected chi connectivity index (χ2v) is 6.17. The third-order valence-electron chi connectivity index (χ3n) is 3.96. The summed E-state index contributed by atoms with van der Waals surface area (Å²) < 4.78 is 6.53. The lowest BCUT2D eigenvalue weighted by Crippen LogP contribution is -1.88. The Hall–Kier alpha value is -2.52. The number of hydrogen-bond donors (Lipinski definition) is 1. The quantitative estimate of drug-likeness (QED) is 0.456. The molecule has 0 saturated heterocycles. The van der Waals surface area contributed by atoms with Crippen molar-refractivity contribution < 1.29 is 9.52 Å². The van der Waals surface area contributed by atoms with Gasteiger partial charge in [-0.1, -0.05) is 58.4 Å². The summed E-state index contributed by atoms with van der Waals surface area (Å²) in [7, 11) is 0. The minimum absolute atomic E-state index is 0.259. The Kier molecular flexibility index (Phi) is 3.43. The number of phenolic OH excluding ortho intramolecular Hbond substituents is 1.